The maximum Gasteiger partial charge on any atom is 0.274 e. The summed E-state index contributed by atoms with van der Waals surface area (Å²) in [7, 11) is 0. The molecule has 8 nitrogen and oxygen atoms in total. The number of nitrogens with one attached hydrogen (secondary N) is 1. The van der Waals surface area contributed by atoms with Crippen molar-refractivity contribution in [3.05, 3.63) is 42.0 Å². The van der Waals surface area contributed by atoms with Crippen molar-refractivity contribution in [1.82, 2.24) is 29.7 Å². The summed E-state index contributed by atoms with van der Waals surface area (Å²) in [6, 6.07) is 0. The van der Waals surface area contributed by atoms with E-state index >= 15 is 0 Å². The van der Waals surface area contributed by atoms with Gasteiger partial charge in [-0.15, -0.1) is 0 Å². The maximum absolute atomic E-state index is 12.7. The molecule has 0 unspecified atom stereocenters. The largest absolute Gasteiger partial charge is 0.349 e. The van der Waals surface area contributed by atoms with E-state index < -0.39 is 0 Å². The van der Waals surface area contributed by atoms with Gasteiger partial charge in [0.2, 0.25) is 0 Å². The third kappa shape index (κ3) is 4.07. The Labute approximate surface area is 152 Å². The van der Waals surface area contributed by atoms with Crippen LogP contribution in [-0.4, -0.2) is 55.9 Å². The van der Waals surface area contributed by atoms with Gasteiger partial charge in [0.25, 0.3) is 11.8 Å². The highest BCUT2D eigenvalue weighted by Crippen LogP contribution is 2.13. The van der Waals surface area contributed by atoms with Gasteiger partial charge in [0.1, 0.15) is 5.82 Å². The van der Waals surface area contributed by atoms with Crippen LogP contribution in [-0.2, 0) is 13.0 Å². The minimum Gasteiger partial charge on any atom is -0.349 e. The van der Waals surface area contributed by atoms with Crippen LogP contribution in [0.25, 0.3) is 0 Å². The third-order valence-corrected chi connectivity index (χ3v) is 4.52. The molecule has 1 aliphatic heterocycles. The van der Waals surface area contributed by atoms with E-state index in [1.54, 1.807) is 11.1 Å². The van der Waals surface area contributed by atoms with E-state index in [1.165, 1.54) is 12.4 Å². The van der Waals surface area contributed by atoms with Crippen LogP contribution in [0.1, 0.15) is 53.0 Å². The molecule has 3 rings (SSSR count). The Morgan fingerprint density at radius 1 is 1.04 bits per heavy atom. The Bertz CT molecular complexity index is 767. The van der Waals surface area contributed by atoms with Crippen LogP contribution in [0, 0.1) is 0 Å². The average Bonchev–Trinajstić information content (AvgIpc) is 3.15. The Kier molecular flexibility index (Phi) is 5.93. The van der Waals surface area contributed by atoms with Gasteiger partial charge in [0, 0.05) is 57.4 Å². The van der Waals surface area contributed by atoms with Crippen molar-refractivity contribution in [2.75, 3.05) is 19.6 Å². The SMILES string of the molecule is CCc1nccn1CCNC(=O)c1nccnc1C(=O)N1CCCCC1. The molecule has 0 spiro atoms. The molecule has 1 N–H and O–H groups in total. The minimum atomic E-state index is -0.378. The number of piperidine rings is 1. The Hall–Kier alpha value is -2.77. The van der Waals surface area contributed by atoms with Gasteiger partial charge in [-0.3, -0.25) is 9.59 Å². The van der Waals surface area contributed by atoms with Crippen LogP contribution in [0.4, 0.5) is 0 Å². The highest BCUT2D eigenvalue weighted by Gasteiger charge is 2.25. The molecule has 0 radical (unpaired) electrons. The summed E-state index contributed by atoms with van der Waals surface area (Å²) in [5.41, 5.74) is 0.216. The van der Waals surface area contributed by atoms with Crippen molar-refractivity contribution in [1.29, 1.82) is 0 Å². The molecule has 26 heavy (non-hydrogen) atoms. The van der Waals surface area contributed by atoms with E-state index in [9.17, 15) is 9.59 Å². The fraction of sp³-hybridized carbons (Fsp3) is 0.500. The molecular formula is C18H24N6O2. The minimum absolute atomic E-state index is 0.0874. The molecule has 1 saturated heterocycles. The Balaban J connectivity index is 1.64. The van der Waals surface area contributed by atoms with Gasteiger partial charge in [-0.25, -0.2) is 15.0 Å². The third-order valence-electron chi connectivity index (χ3n) is 4.52. The van der Waals surface area contributed by atoms with E-state index in [-0.39, 0.29) is 23.2 Å². The number of nitrogens with zero attached hydrogens (tertiary/aromatic N) is 5. The van der Waals surface area contributed by atoms with Crippen molar-refractivity contribution in [3.8, 4) is 0 Å². The lowest BCUT2D eigenvalue weighted by molar-refractivity contribution is 0.0711. The van der Waals surface area contributed by atoms with Gasteiger partial charge in [0.15, 0.2) is 11.4 Å². The number of carbonyl (C=O) groups is 2. The summed E-state index contributed by atoms with van der Waals surface area (Å²) in [6.07, 6.45) is 10.5. The molecule has 0 saturated carbocycles. The van der Waals surface area contributed by atoms with Gasteiger partial charge in [0.05, 0.1) is 0 Å². The molecular weight excluding hydrogens is 332 g/mol. The lowest BCUT2D eigenvalue weighted by atomic mass is 10.1. The number of aromatic nitrogens is 4. The number of hydrogen-bond acceptors (Lipinski definition) is 5. The van der Waals surface area contributed by atoms with E-state index in [1.807, 2.05) is 17.7 Å². The molecule has 2 aromatic rings. The average molecular weight is 356 g/mol. The van der Waals surface area contributed by atoms with E-state index in [0.29, 0.717) is 26.2 Å². The smallest absolute Gasteiger partial charge is 0.274 e. The van der Waals surface area contributed by atoms with Crippen LogP contribution in [0.5, 0.6) is 0 Å². The van der Waals surface area contributed by atoms with Crippen molar-refractivity contribution in [2.45, 2.75) is 39.2 Å². The number of rotatable bonds is 6. The molecule has 1 aliphatic rings. The summed E-state index contributed by atoms with van der Waals surface area (Å²) in [4.78, 5) is 39.5. The molecule has 0 aliphatic carbocycles. The quantitative estimate of drug-likeness (QED) is 0.842. The number of imidazole rings is 1. The van der Waals surface area contributed by atoms with Gasteiger partial charge in [-0.2, -0.15) is 0 Å². The first-order valence-electron chi connectivity index (χ1n) is 9.09. The van der Waals surface area contributed by atoms with Gasteiger partial charge >= 0.3 is 0 Å². The normalized spacial score (nSPS) is 14.3. The lowest BCUT2D eigenvalue weighted by Gasteiger charge is -2.26. The molecule has 1 fully saturated rings. The zero-order valence-electron chi connectivity index (χ0n) is 15.0. The second-order valence-corrected chi connectivity index (χ2v) is 6.25. The fourth-order valence-corrected chi connectivity index (χ4v) is 3.14. The van der Waals surface area contributed by atoms with Crippen molar-refractivity contribution in [3.63, 3.8) is 0 Å². The van der Waals surface area contributed by atoms with Crippen molar-refractivity contribution in [2.24, 2.45) is 0 Å². The van der Waals surface area contributed by atoms with E-state index in [0.717, 1.165) is 31.5 Å². The molecule has 3 heterocycles. The lowest BCUT2D eigenvalue weighted by Crippen LogP contribution is -2.38. The fourth-order valence-electron chi connectivity index (χ4n) is 3.14. The van der Waals surface area contributed by atoms with Gasteiger partial charge < -0.3 is 14.8 Å². The van der Waals surface area contributed by atoms with E-state index in [4.69, 9.17) is 0 Å². The predicted molar refractivity (Wildman–Crippen MR) is 95.7 cm³/mol. The molecule has 0 bridgehead atoms. The first-order valence-corrected chi connectivity index (χ1v) is 9.09. The second-order valence-electron chi connectivity index (χ2n) is 6.25. The Morgan fingerprint density at radius 2 is 1.77 bits per heavy atom. The number of likely N-dealkylation sites (tertiary alicyclic amines) is 1. The van der Waals surface area contributed by atoms with Crippen LogP contribution in [0.2, 0.25) is 0 Å². The summed E-state index contributed by atoms with van der Waals surface area (Å²) in [5.74, 6) is 0.377. The highest BCUT2D eigenvalue weighted by atomic mass is 16.2. The zero-order valence-corrected chi connectivity index (χ0v) is 15.0. The monoisotopic (exact) mass is 356 g/mol. The highest BCUT2D eigenvalue weighted by molar-refractivity contribution is 6.04. The maximum atomic E-state index is 12.7. The second kappa shape index (κ2) is 8.55. The van der Waals surface area contributed by atoms with Crippen molar-refractivity contribution < 1.29 is 9.59 Å². The molecule has 8 heteroatoms. The standard InChI is InChI=1S/C18H24N6O2/c1-2-14-19-8-12-23(14)13-9-22-17(25)15-16(21-7-6-20-15)18(26)24-10-4-3-5-11-24/h6-8,12H,2-5,9-11,13H2,1H3,(H,22,25). The summed E-state index contributed by atoms with van der Waals surface area (Å²) >= 11 is 0. The van der Waals surface area contributed by atoms with Crippen LogP contribution < -0.4 is 5.32 Å². The van der Waals surface area contributed by atoms with Crippen LogP contribution in [0.15, 0.2) is 24.8 Å². The Morgan fingerprint density at radius 3 is 2.50 bits per heavy atom. The molecule has 0 atom stereocenters. The number of hydrogen-bond donors (Lipinski definition) is 1. The number of amides is 2. The van der Waals surface area contributed by atoms with E-state index in [2.05, 4.69) is 20.3 Å². The summed E-state index contributed by atoms with van der Waals surface area (Å²) in [5, 5.41) is 2.83. The predicted octanol–water partition coefficient (Wildman–Crippen LogP) is 1.29. The molecule has 138 valence electrons. The summed E-state index contributed by atoms with van der Waals surface area (Å²) < 4.78 is 2.00. The summed E-state index contributed by atoms with van der Waals surface area (Å²) in [6.45, 7) is 4.49. The molecule has 2 amide bonds. The number of carbonyl (C=O) groups excluding carboxylic acids is 2. The van der Waals surface area contributed by atoms with Gasteiger partial charge in [-0.05, 0) is 19.3 Å². The molecule has 0 aromatic carbocycles. The first kappa shape index (κ1) is 18.0. The van der Waals surface area contributed by atoms with Crippen molar-refractivity contribution >= 4 is 11.8 Å². The zero-order chi connectivity index (χ0) is 18.4. The first-order chi connectivity index (χ1) is 12.7. The topological polar surface area (TPSA) is 93.0 Å². The van der Waals surface area contributed by atoms with Crippen LogP contribution >= 0.6 is 0 Å². The van der Waals surface area contributed by atoms with Gasteiger partial charge in [-0.1, -0.05) is 6.92 Å². The van der Waals surface area contributed by atoms with Crippen LogP contribution in [0.3, 0.4) is 0 Å². The number of aryl methyl sites for hydroxylation is 1. The molecule has 2 aromatic heterocycles.